The van der Waals surface area contributed by atoms with Gasteiger partial charge in [0.05, 0.1) is 11.9 Å². The summed E-state index contributed by atoms with van der Waals surface area (Å²) in [7, 11) is 0. The molecule has 0 aromatic heterocycles. The van der Waals surface area contributed by atoms with Gasteiger partial charge in [0.25, 0.3) is 5.91 Å². The van der Waals surface area contributed by atoms with E-state index in [1.54, 1.807) is 18.6 Å². The lowest BCUT2D eigenvalue weighted by atomic mass is 10.3. The summed E-state index contributed by atoms with van der Waals surface area (Å²) < 4.78 is 0. The van der Waals surface area contributed by atoms with E-state index in [1.165, 1.54) is 0 Å². The number of fused-ring (bicyclic) bond motifs is 1. The summed E-state index contributed by atoms with van der Waals surface area (Å²) in [6, 6.07) is 0. The number of hydrogen-bond acceptors (Lipinski definition) is 3. The number of nitrogens with two attached hydrogens (primary N) is 1. The zero-order valence-electron chi connectivity index (χ0n) is 6.11. The molecule has 2 aliphatic rings. The van der Waals surface area contributed by atoms with Crippen LogP contribution >= 0.6 is 0 Å². The van der Waals surface area contributed by atoms with Gasteiger partial charge in [-0.05, 0) is 0 Å². The van der Waals surface area contributed by atoms with Crippen molar-refractivity contribution in [3.63, 3.8) is 0 Å². The number of amides is 1. The van der Waals surface area contributed by atoms with Gasteiger partial charge in [-0.1, -0.05) is 0 Å². The lowest BCUT2D eigenvalue weighted by molar-refractivity contribution is 0.0990. The van der Waals surface area contributed by atoms with Gasteiger partial charge in [0.2, 0.25) is 0 Å². The van der Waals surface area contributed by atoms with Crippen LogP contribution in [-0.2, 0) is 0 Å². The third-order valence-electron chi connectivity index (χ3n) is 1.55. The quantitative estimate of drug-likeness (QED) is 0.619. The van der Waals surface area contributed by atoms with Crippen molar-refractivity contribution in [3.8, 4) is 11.3 Å². The Hall–Kier alpha value is -1.91. The Morgan fingerprint density at radius 1 is 1.42 bits per heavy atom. The maximum Gasteiger partial charge on any atom is 0.284 e. The molecule has 0 bridgehead atoms. The molecule has 60 valence electrons. The SMILES string of the molecule is NC(=O)c1ncc2cncc-2[nH]1. The maximum atomic E-state index is 10.7. The van der Waals surface area contributed by atoms with E-state index in [-0.39, 0.29) is 5.82 Å². The Balaban J connectivity index is 2.62. The number of hydrogen-bond donors (Lipinski definition) is 2. The lowest BCUT2D eigenvalue weighted by Gasteiger charge is -1.99. The molecule has 3 N–H and O–H groups in total. The fourth-order valence-corrected chi connectivity index (χ4v) is 0.963. The molecular weight excluding hydrogens is 156 g/mol. The average Bonchev–Trinajstić information content (AvgIpc) is 2.49. The molecule has 0 aromatic carbocycles. The highest BCUT2D eigenvalue weighted by atomic mass is 16.1. The number of carbonyl (C=O) groups is 1. The van der Waals surface area contributed by atoms with Crippen molar-refractivity contribution >= 4 is 5.91 Å². The summed E-state index contributed by atoms with van der Waals surface area (Å²) in [5.41, 5.74) is 6.64. The van der Waals surface area contributed by atoms with Crippen molar-refractivity contribution in [2.75, 3.05) is 0 Å². The van der Waals surface area contributed by atoms with E-state index >= 15 is 0 Å². The second-order valence-electron chi connectivity index (χ2n) is 2.37. The number of rotatable bonds is 1. The molecule has 0 spiro atoms. The van der Waals surface area contributed by atoms with E-state index < -0.39 is 5.91 Å². The molecule has 2 aliphatic heterocycles. The predicted octanol–water partition coefficient (Wildman–Crippen LogP) is 0.00840. The fourth-order valence-electron chi connectivity index (χ4n) is 0.963. The van der Waals surface area contributed by atoms with Crippen molar-refractivity contribution in [1.82, 2.24) is 15.0 Å². The van der Waals surface area contributed by atoms with Crippen LogP contribution < -0.4 is 5.73 Å². The van der Waals surface area contributed by atoms with Crippen molar-refractivity contribution in [2.45, 2.75) is 0 Å². The predicted molar refractivity (Wildman–Crippen MR) is 41.5 cm³/mol. The number of nitrogens with zero attached hydrogens (tertiary/aromatic N) is 2. The summed E-state index contributed by atoms with van der Waals surface area (Å²) in [6.07, 6.45) is 4.83. The van der Waals surface area contributed by atoms with Gasteiger partial charge in [-0.25, -0.2) is 4.98 Å². The Kier molecular flexibility index (Phi) is 1.30. The van der Waals surface area contributed by atoms with E-state index in [0.29, 0.717) is 0 Å². The summed E-state index contributed by atoms with van der Waals surface area (Å²) in [4.78, 5) is 21.1. The van der Waals surface area contributed by atoms with Gasteiger partial charge in [-0.2, -0.15) is 0 Å². The van der Waals surface area contributed by atoms with Gasteiger partial charge in [-0.3, -0.25) is 9.78 Å². The van der Waals surface area contributed by atoms with Crippen LogP contribution in [0.4, 0.5) is 0 Å². The molecule has 0 aliphatic carbocycles. The molecular formula is C7H6N4O. The third-order valence-corrected chi connectivity index (χ3v) is 1.55. The first-order valence-corrected chi connectivity index (χ1v) is 3.36. The summed E-state index contributed by atoms with van der Waals surface area (Å²) in [5.74, 6) is -0.423. The van der Waals surface area contributed by atoms with Crippen molar-refractivity contribution < 1.29 is 4.79 Å². The Bertz CT molecular complexity index is 394. The van der Waals surface area contributed by atoms with E-state index in [0.717, 1.165) is 11.3 Å². The number of nitrogens with one attached hydrogen (secondary N) is 1. The molecule has 12 heavy (non-hydrogen) atoms. The zero-order valence-corrected chi connectivity index (χ0v) is 6.11. The second kappa shape index (κ2) is 2.30. The van der Waals surface area contributed by atoms with Crippen LogP contribution in [0.25, 0.3) is 11.3 Å². The molecule has 0 aromatic rings. The highest BCUT2D eigenvalue weighted by Gasteiger charge is 2.07. The molecule has 0 fully saturated rings. The van der Waals surface area contributed by atoms with Gasteiger partial charge in [0.15, 0.2) is 5.82 Å². The van der Waals surface area contributed by atoms with Crippen molar-refractivity contribution in [3.05, 3.63) is 24.4 Å². The molecule has 0 unspecified atom stereocenters. The third kappa shape index (κ3) is 0.914. The highest BCUT2D eigenvalue weighted by Crippen LogP contribution is 2.15. The van der Waals surface area contributed by atoms with Crippen LogP contribution in [0.2, 0.25) is 0 Å². The molecule has 5 nitrogen and oxygen atoms in total. The Morgan fingerprint density at radius 2 is 2.25 bits per heavy atom. The fraction of sp³-hybridized carbons (Fsp3) is 0. The van der Waals surface area contributed by atoms with Crippen LogP contribution in [0.3, 0.4) is 0 Å². The Morgan fingerprint density at radius 3 is 3.00 bits per heavy atom. The van der Waals surface area contributed by atoms with E-state index in [4.69, 9.17) is 5.73 Å². The lowest BCUT2D eigenvalue weighted by Crippen LogP contribution is -2.15. The molecule has 0 radical (unpaired) electrons. The minimum Gasteiger partial charge on any atom is -0.363 e. The smallest absolute Gasteiger partial charge is 0.284 e. The summed E-state index contributed by atoms with van der Waals surface area (Å²) >= 11 is 0. The van der Waals surface area contributed by atoms with Gasteiger partial charge >= 0.3 is 0 Å². The Labute approximate surface area is 68.0 Å². The van der Waals surface area contributed by atoms with Gasteiger partial charge in [0, 0.05) is 18.0 Å². The number of H-pyrrole nitrogens is 1. The van der Waals surface area contributed by atoms with Crippen LogP contribution in [0.1, 0.15) is 10.6 Å². The van der Waals surface area contributed by atoms with Crippen LogP contribution in [-0.4, -0.2) is 20.9 Å². The molecule has 0 saturated carbocycles. The number of carbonyl (C=O) groups excluding carboxylic acids is 1. The van der Waals surface area contributed by atoms with Crippen LogP contribution in [0.15, 0.2) is 18.6 Å². The summed E-state index contributed by atoms with van der Waals surface area (Å²) in [6.45, 7) is 0. The normalized spacial score (nSPS) is 10.3. The van der Waals surface area contributed by atoms with E-state index in [1.807, 2.05) is 0 Å². The standard InChI is InChI=1S/C7H6N4O/c8-6(12)7-10-2-4-1-9-3-5(4)11-7/h1-3H,(H2,8,12)(H,10,11). The second-order valence-corrected chi connectivity index (χ2v) is 2.37. The number of aromatic amines is 1. The van der Waals surface area contributed by atoms with Crippen molar-refractivity contribution in [2.24, 2.45) is 5.73 Å². The molecule has 0 saturated heterocycles. The van der Waals surface area contributed by atoms with Gasteiger partial charge in [0.1, 0.15) is 0 Å². The van der Waals surface area contributed by atoms with Crippen LogP contribution in [0, 0.1) is 0 Å². The molecule has 2 heterocycles. The maximum absolute atomic E-state index is 10.7. The molecule has 0 atom stereocenters. The molecule has 5 heteroatoms. The minimum atomic E-state index is -0.571. The summed E-state index contributed by atoms with van der Waals surface area (Å²) in [5, 5.41) is 0. The van der Waals surface area contributed by atoms with Gasteiger partial charge in [-0.15, -0.1) is 0 Å². The van der Waals surface area contributed by atoms with Gasteiger partial charge < -0.3 is 10.7 Å². The van der Waals surface area contributed by atoms with E-state index in [2.05, 4.69) is 15.0 Å². The average molecular weight is 162 g/mol. The number of aromatic nitrogens is 3. The first kappa shape index (κ1) is 6.78. The molecule has 1 amide bonds. The monoisotopic (exact) mass is 162 g/mol. The first-order chi connectivity index (χ1) is 5.77. The highest BCUT2D eigenvalue weighted by molar-refractivity contribution is 5.89. The topological polar surface area (TPSA) is 84.7 Å². The largest absolute Gasteiger partial charge is 0.363 e. The minimum absolute atomic E-state index is 0.149. The van der Waals surface area contributed by atoms with E-state index in [9.17, 15) is 4.79 Å². The van der Waals surface area contributed by atoms with Crippen LogP contribution in [0.5, 0.6) is 0 Å². The number of primary amides is 1. The first-order valence-electron chi connectivity index (χ1n) is 3.36. The zero-order chi connectivity index (χ0) is 8.55. The van der Waals surface area contributed by atoms with Crippen molar-refractivity contribution in [1.29, 1.82) is 0 Å². The molecule has 2 rings (SSSR count).